The van der Waals surface area contributed by atoms with Crippen LogP contribution in [0, 0.1) is 32.5 Å². The molecule has 6 heteroatoms. The molecule has 0 bridgehead atoms. The molecule has 0 saturated heterocycles. The standard InChI is InChI=1S/C34H46FNO4/c1-20-25-13-10-16-39-31(25)28(35)17-26(20)29-22(3)27-19-36(18-23-11-8-7-9-12-23)15-14-24(27)21(2)30(29)32(33(37)38)40-34(4,5)6/h17,23,32H,7-16,18-19H2,1-6H3,(H,37,38)/t32-/m1/s1. The van der Waals surface area contributed by atoms with Crippen molar-refractivity contribution < 1.29 is 23.8 Å². The van der Waals surface area contributed by atoms with E-state index in [9.17, 15) is 9.90 Å². The zero-order valence-electron chi connectivity index (χ0n) is 25.2. The van der Waals surface area contributed by atoms with Crippen LogP contribution in [-0.2, 0) is 28.9 Å². The molecule has 218 valence electrons. The summed E-state index contributed by atoms with van der Waals surface area (Å²) in [6.07, 6.45) is 7.96. The summed E-state index contributed by atoms with van der Waals surface area (Å²) in [4.78, 5) is 15.4. The Morgan fingerprint density at radius 3 is 2.45 bits per heavy atom. The highest BCUT2D eigenvalue weighted by molar-refractivity contribution is 5.85. The Balaban J connectivity index is 1.69. The van der Waals surface area contributed by atoms with E-state index >= 15 is 4.39 Å². The number of carbonyl (C=O) groups is 1. The van der Waals surface area contributed by atoms with Gasteiger partial charge in [0.05, 0.1) is 12.2 Å². The molecule has 0 aromatic heterocycles. The summed E-state index contributed by atoms with van der Waals surface area (Å²) < 4.78 is 27.6. The van der Waals surface area contributed by atoms with Crippen LogP contribution >= 0.6 is 0 Å². The van der Waals surface area contributed by atoms with Crippen molar-refractivity contribution in [2.45, 2.75) is 111 Å². The van der Waals surface area contributed by atoms with Crippen LogP contribution in [0.25, 0.3) is 11.1 Å². The number of benzene rings is 2. The molecule has 0 unspecified atom stereocenters. The number of halogens is 1. The van der Waals surface area contributed by atoms with Gasteiger partial charge >= 0.3 is 5.97 Å². The zero-order valence-corrected chi connectivity index (χ0v) is 25.2. The molecular formula is C34H46FNO4. The van der Waals surface area contributed by atoms with Gasteiger partial charge in [-0.05, 0) is 125 Å². The molecule has 0 amide bonds. The maximum atomic E-state index is 15.6. The first-order valence-corrected chi connectivity index (χ1v) is 15.2. The molecule has 2 aromatic carbocycles. The lowest BCUT2D eigenvalue weighted by Gasteiger charge is -2.37. The second-order valence-electron chi connectivity index (χ2n) is 13.2. The highest BCUT2D eigenvalue weighted by Crippen LogP contribution is 2.46. The van der Waals surface area contributed by atoms with Gasteiger partial charge in [0.1, 0.15) is 0 Å². The van der Waals surface area contributed by atoms with Crippen LogP contribution in [0.15, 0.2) is 6.07 Å². The third-order valence-corrected chi connectivity index (χ3v) is 9.28. The second kappa shape index (κ2) is 11.4. The first-order valence-electron chi connectivity index (χ1n) is 15.2. The van der Waals surface area contributed by atoms with Crippen molar-refractivity contribution in [2.24, 2.45) is 5.92 Å². The van der Waals surface area contributed by atoms with Crippen LogP contribution in [0.5, 0.6) is 5.75 Å². The first kappa shape index (κ1) is 29.1. The summed E-state index contributed by atoms with van der Waals surface area (Å²) in [5.41, 5.74) is 7.96. The van der Waals surface area contributed by atoms with E-state index in [1.807, 2.05) is 34.6 Å². The Hall–Kier alpha value is -2.44. The van der Waals surface area contributed by atoms with Crippen LogP contribution < -0.4 is 4.74 Å². The number of nitrogens with zero attached hydrogens (tertiary/aromatic N) is 1. The highest BCUT2D eigenvalue weighted by atomic mass is 19.1. The van der Waals surface area contributed by atoms with Gasteiger partial charge in [0.15, 0.2) is 17.7 Å². The Morgan fingerprint density at radius 2 is 1.77 bits per heavy atom. The quantitative estimate of drug-likeness (QED) is 0.400. The molecule has 1 N–H and O–H groups in total. The molecule has 2 aromatic rings. The summed E-state index contributed by atoms with van der Waals surface area (Å²) in [5.74, 6) is -0.295. The smallest absolute Gasteiger partial charge is 0.337 e. The number of aliphatic carboxylic acids is 1. The predicted molar refractivity (Wildman–Crippen MR) is 157 cm³/mol. The van der Waals surface area contributed by atoms with Gasteiger partial charge in [-0.25, -0.2) is 9.18 Å². The van der Waals surface area contributed by atoms with E-state index in [1.165, 1.54) is 43.2 Å². The molecule has 2 heterocycles. The molecule has 1 aliphatic carbocycles. The lowest BCUT2D eigenvalue weighted by Crippen LogP contribution is -2.36. The molecule has 5 rings (SSSR count). The van der Waals surface area contributed by atoms with E-state index in [-0.39, 0.29) is 5.82 Å². The highest BCUT2D eigenvalue weighted by Gasteiger charge is 2.36. The molecule has 0 spiro atoms. The van der Waals surface area contributed by atoms with Gasteiger partial charge in [-0.1, -0.05) is 19.3 Å². The van der Waals surface area contributed by atoms with Crippen molar-refractivity contribution in [2.75, 3.05) is 19.7 Å². The fraction of sp³-hybridized carbons (Fsp3) is 0.618. The van der Waals surface area contributed by atoms with Gasteiger partial charge < -0.3 is 14.6 Å². The first-order chi connectivity index (χ1) is 19.0. The van der Waals surface area contributed by atoms with Crippen LogP contribution in [0.4, 0.5) is 4.39 Å². The predicted octanol–water partition coefficient (Wildman–Crippen LogP) is 7.62. The van der Waals surface area contributed by atoms with E-state index in [4.69, 9.17) is 9.47 Å². The van der Waals surface area contributed by atoms with Crippen LogP contribution in [0.1, 0.15) is 104 Å². The van der Waals surface area contributed by atoms with E-state index in [0.717, 1.165) is 78.2 Å². The van der Waals surface area contributed by atoms with Gasteiger partial charge in [-0.2, -0.15) is 0 Å². The maximum absolute atomic E-state index is 15.6. The van der Waals surface area contributed by atoms with Crippen molar-refractivity contribution in [3.63, 3.8) is 0 Å². The molecular weight excluding hydrogens is 505 g/mol. The average molecular weight is 552 g/mol. The van der Waals surface area contributed by atoms with Gasteiger partial charge in [0.2, 0.25) is 0 Å². The van der Waals surface area contributed by atoms with Crippen molar-refractivity contribution in [1.82, 2.24) is 4.90 Å². The second-order valence-corrected chi connectivity index (χ2v) is 13.2. The minimum absolute atomic E-state index is 0.348. The molecule has 1 saturated carbocycles. The van der Waals surface area contributed by atoms with Gasteiger partial charge in [-0.3, -0.25) is 4.90 Å². The summed E-state index contributed by atoms with van der Waals surface area (Å²) in [5, 5.41) is 10.5. The Kier molecular flexibility index (Phi) is 8.32. The zero-order chi connectivity index (χ0) is 28.8. The summed E-state index contributed by atoms with van der Waals surface area (Å²) >= 11 is 0. The summed E-state index contributed by atoms with van der Waals surface area (Å²) in [6, 6.07) is 1.57. The van der Waals surface area contributed by atoms with Gasteiger partial charge in [0, 0.05) is 30.8 Å². The molecule has 40 heavy (non-hydrogen) atoms. The monoisotopic (exact) mass is 551 g/mol. The van der Waals surface area contributed by atoms with Crippen LogP contribution in [0.3, 0.4) is 0 Å². The number of rotatable bonds is 6. The van der Waals surface area contributed by atoms with Crippen LogP contribution in [-0.4, -0.2) is 41.3 Å². The third-order valence-electron chi connectivity index (χ3n) is 9.28. The molecule has 2 aliphatic heterocycles. The minimum atomic E-state index is -1.16. The van der Waals surface area contributed by atoms with Crippen molar-refractivity contribution >= 4 is 5.97 Å². The summed E-state index contributed by atoms with van der Waals surface area (Å²) in [6.45, 7) is 15.3. The van der Waals surface area contributed by atoms with E-state index < -0.39 is 17.7 Å². The molecule has 1 fully saturated rings. The summed E-state index contributed by atoms with van der Waals surface area (Å²) in [7, 11) is 0. The Morgan fingerprint density at radius 1 is 1.05 bits per heavy atom. The molecule has 0 radical (unpaired) electrons. The third kappa shape index (κ3) is 5.67. The lowest BCUT2D eigenvalue weighted by atomic mass is 9.78. The Bertz CT molecular complexity index is 1290. The van der Waals surface area contributed by atoms with Gasteiger partial charge in [-0.15, -0.1) is 0 Å². The minimum Gasteiger partial charge on any atom is -0.490 e. The van der Waals surface area contributed by atoms with E-state index in [0.29, 0.717) is 17.9 Å². The van der Waals surface area contributed by atoms with Crippen molar-refractivity contribution in [1.29, 1.82) is 0 Å². The maximum Gasteiger partial charge on any atom is 0.337 e. The van der Waals surface area contributed by atoms with Crippen LogP contribution in [0.2, 0.25) is 0 Å². The normalized spacial score (nSPS) is 19.1. The lowest BCUT2D eigenvalue weighted by molar-refractivity contribution is -0.160. The fourth-order valence-electron chi connectivity index (χ4n) is 7.35. The molecule has 3 aliphatic rings. The molecule has 5 nitrogen and oxygen atoms in total. The topological polar surface area (TPSA) is 59.0 Å². The number of hydrogen-bond donors (Lipinski definition) is 1. The Labute approximate surface area is 239 Å². The fourth-order valence-corrected chi connectivity index (χ4v) is 7.35. The number of ether oxygens (including phenoxy) is 2. The van der Waals surface area contributed by atoms with Gasteiger partial charge in [0.25, 0.3) is 0 Å². The average Bonchev–Trinajstić information content (AvgIpc) is 2.91. The van der Waals surface area contributed by atoms with E-state index in [1.54, 1.807) is 6.07 Å². The number of hydrogen-bond acceptors (Lipinski definition) is 4. The SMILES string of the molecule is Cc1c(-c2c(C)c3c(c(C)c2[C@@H](OC(C)(C)C)C(=O)O)CCN(CC2CCCCC2)C3)cc(F)c2c1CCCO2. The van der Waals surface area contributed by atoms with Crippen molar-refractivity contribution in [3.05, 3.63) is 50.8 Å². The van der Waals surface area contributed by atoms with Crippen molar-refractivity contribution in [3.8, 4) is 16.9 Å². The largest absolute Gasteiger partial charge is 0.490 e. The number of fused-ring (bicyclic) bond motifs is 2. The number of carboxylic acids is 1. The number of carboxylic acid groups (broad SMARTS) is 1. The van der Waals surface area contributed by atoms with E-state index in [2.05, 4.69) is 11.8 Å². The molecule has 1 atom stereocenters.